The van der Waals surface area contributed by atoms with Gasteiger partial charge in [0.05, 0.1) is 13.2 Å². The van der Waals surface area contributed by atoms with E-state index in [0.29, 0.717) is 5.92 Å². The molecule has 0 rings (SSSR count). The van der Waals surface area contributed by atoms with Crippen molar-refractivity contribution < 1.29 is 18.5 Å². The Hall–Kier alpha value is 0.110. The highest BCUT2D eigenvalue weighted by Crippen LogP contribution is 2.39. The Balaban J connectivity index is 3.84. The first-order valence-electron chi connectivity index (χ1n) is 6.65. The van der Waals surface area contributed by atoms with Crippen molar-refractivity contribution in [2.45, 2.75) is 59.3 Å². The van der Waals surface area contributed by atoms with E-state index in [-0.39, 0.29) is 13.2 Å². The summed E-state index contributed by atoms with van der Waals surface area (Å²) in [5.41, 5.74) is 0. The zero-order chi connectivity index (χ0) is 13.1. The van der Waals surface area contributed by atoms with E-state index in [1.54, 1.807) is 0 Å². The first-order valence-corrected chi connectivity index (χ1v) is 8.11. The van der Waals surface area contributed by atoms with E-state index in [1.165, 1.54) is 0 Å². The van der Waals surface area contributed by atoms with Crippen LogP contribution in [0.25, 0.3) is 0 Å². The van der Waals surface area contributed by atoms with Crippen LogP contribution in [0.3, 0.4) is 0 Å². The van der Waals surface area contributed by atoms with Crippen molar-refractivity contribution in [2.24, 2.45) is 5.92 Å². The molecule has 0 aromatic carbocycles. The van der Waals surface area contributed by atoms with E-state index in [9.17, 15) is 9.46 Å². The molecule has 0 spiro atoms. The van der Waals surface area contributed by atoms with Gasteiger partial charge in [-0.05, 0) is 18.8 Å². The fraction of sp³-hybridized carbons (Fsp3) is 1.00. The summed E-state index contributed by atoms with van der Waals surface area (Å²) in [6.45, 7) is 6.64. The zero-order valence-corrected chi connectivity index (χ0v) is 12.2. The van der Waals surface area contributed by atoms with Crippen LogP contribution in [0.4, 0.5) is 0 Å². The molecule has 0 aliphatic heterocycles. The van der Waals surface area contributed by atoms with Crippen LogP contribution in [0.1, 0.15) is 59.3 Å². The van der Waals surface area contributed by atoms with E-state index in [4.69, 9.17) is 9.05 Å². The summed E-state index contributed by atoms with van der Waals surface area (Å²) < 4.78 is 21.0. The molecule has 0 saturated heterocycles. The number of hydrogen-bond acceptors (Lipinski definition) is 4. The van der Waals surface area contributed by atoms with Crippen molar-refractivity contribution in [3.05, 3.63) is 0 Å². The third-order valence-electron chi connectivity index (χ3n) is 2.76. The van der Waals surface area contributed by atoms with Crippen molar-refractivity contribution in [3.8, 4) is 0 Å². The lowest BCUT2D eigenvalue weighted by atomic mass is 10.0. The molecule has 104 valence electrons. The molecule has 0 aliphatic rings. The Morgan fingerprint density at radius 3 is 2.29 bits per heavy atom. The van der Waals surface area contributed by atoms with Crippen molar-refractivity contribution in [1.82, 2.24) is 0 Å². The van der Waals surface area contributed by atoms with Crippen LogP contribution < -0.4 is 4.89 Å². The zero-order valence-electron chi connectivity index (χ0n) is 11.3. The minimum Gasteiger partial charge on any atom is -0.756 e. The summed E-state index contributed by atoms with van der Waals surface area (Å²) in [6.07, 6.45) is 5.84. The highest BCUT2D eigenvalue weighted by atomic mass is 31.2. The Kier molecular flexibility index (Phi) is 10.1. The van der Waals surface area contributed by atoms with Gasteiger partial charge in [-0.2, -0.15) is 0 Å². The molecule has 0 fully saturated rings. The average molecular weight is 265 g/mol. The van der Waals surface area contributed by atoms with Gasteiger partial charge in [-0.15, -0.1) is 0 Å². The normalized spacial score (nSPS) is 16.7. The lowest BCUT2D eigenvalue weighted by Gasteiger charge is -2.25. The minimum atomic E-state index is -4.07. The fourth-order valence-corrected chi connectivity index (χ4v) is 2.27. The molecule has 0 radical (unpaired) electrons. The van der Waals surface area contributed by atoms with E-state index in [2.05, 4.69) is 13.8 Å². The van der Waals surface area contributed by atoms with Gasteiger partial charge in [0.15, 0.2) is 0 Å². The quantitative estimate of drug-likeness (QED) is 0.424. The molecule has 0 aliphatic carbocycles. The monoisotopic (exact) mass is 265 g/mol. The van der Waals surface area contributed by atoms with Crippen LogP contribution in [0.5, 0.6) is 0 Å². The maximum absolute atomic E-state index is 11.4. The second-order valence-electron chi connectivity index (χ2n) is 4.35. The van der Waals surface area contributed by atoms with Gasteiger partial charge < -0.3 is 13.9 Å². The average Bonchev–Trinajstić information content (AvgIpc) is 2.29. The highest BCUT2D eigenvalue weighted by molar-refractivity contribution is 7.45. The summed E-state index contributed by atoms with van der Waals surface area (Å²) in [7, 11) is -4.07. The van der Waals surface area contributed by atoms with Gasteiger partial charge in [0.1, 0.15) is 0 Å². The second-order valence-corrected chi connectivity index (χ2v) is 5.76. The van der Waals surface area contributed by atoms with Crippen LogP contribution in [0, 0.1) is 5.92 Å². The highest BCUT2D eigenvalue weighted by Gasteiger charge is 2.13. The number of hydrogen-bond donors (Lipinski definition) is 0. The van der Waals surface area contributed by atoms with E-state index >= 15 is 0 Å². The molecule has 0 aromatic heterocycles. The summed E-state index contributed by atoms with van der Waals surface area (Å²) in [6, 6.07) is 0. The predicted molar refractivity (Wildman–Crippen MR) is 67.7 cm³/mol. The lowest BCUT2D eigenvalue weighted by Crippen LogP contribution is -2.14. The third kappa shape index (κ3) is 9.78. The molecule has 0 amide bonds. The molecule has 0 heterocycles. The van der Waals surface area contributed by atoms with E-state index in [0.717, 1.165) is 38.5 Å². The van der Waals surface area contributed by atoms with Gasteiger partial charge in [-0.25, -0.2) is 0 Å². The Morgan fingerprint density at radius 2 is 1.76 bits per heavy atom. The first-order chi connectivity index (χ1) is 8.05. The fourth-order valence-electron chi connectivity index (χ4n) is 1.45. The Morgan fingerprint density at radius 1 is 1.12 bits per heavy atom. The molecule has 2 unspecified atom stereocenters. The SMILES string of the molecule is CCCCOP(=O)([O-])OCC(CC)CCCC. The molecule has 4 nitrogen and oxygen atoms in total. The third-order valence-corrected chi connectivity index (χ3v) is 3.72. The standard InChI is InChI=1S/C12H27O4P/c1-4-7-9-12(6-3)11-16-17(13,14)15-10-8-5-2/h12H,4-11H2,1-3H3,(H,13,14)/p-1. The number of unbranched alkanes of at least 4 members (excludes halogenated alkanes) is 2. The molecule has 0 bridgehead atoms. The summed E-state index contributed by atoms with van der Waals surface area (Å²) in [5, 5.41) is 0. The van der Waals surface area contributed by atoms with Crippen molar-refractivity contribution in [2.75, 3.05) is 13.2 Å². The van der Waals surface area contributed by atoms with Crippen molar-refractivity contribution in [1.29, 1.82) is 0 Å². The summed E-state index contributed by atoms with van der Waals surface area (Å²) >= 11 is 0. The van der Waals surface area contributed by atoms with Crippen LogP contribution in [-0.2, 0) is 13.6 Å². The smallest absolute Gasteiger partial charge is 0.267 e. The van der Waals surface area contributed by atoms with Gasteiger partial charge in [-0.1, -0.05) is 46.5 Å². The van der Waals surface area contributed by atoms with Gasteiger partial charge in [0, 0.05) is 0 Å². The molecule has 5 heteroatoms. The van der Waals surface area contributed by atoms with Crippen molar-refractivity contribution in [3.63, 3.8) is 0 Å². The van der Waals surface area contributed by atoms with E-state index in [1.807, 2.05) is 6.92 Å². The number of phosphoric acid groups is 1. The molecular formula is C12H26O4P-. The molecule has 0 aromatic rings. The second kappa shape index (κ2) is 10.1. The largest absolute Gasteiger partial charge is 0.756 e. The molecule has 0 saturated carbocycles. The van der Waals surface area contributed by atoms with Crippen molar-refractivity contribution >= 4 is 7.82 Å². The van der Waals surface area contributed by atoms with Gasteiger partial charge >= 0.3 is 0 Å². The Labute approximate surface area is 105 Å². The lowest BCUT2D eigenvalue weighted by molar-refractivity contribution is -0.226. The maximum atomic E-state index is 11.4. The maximum Gasteiger partial charge on any atom is 0.267 e. The summed E-state index contributed by atoms with van der Waals surface area (Å²) in [5.74, 6) is 0.312. The van der Waals surface area contributed by atoms with E-state index < -0.39 is 7.82 Å². The molecule has 17 heavy (non-hydrogen) atoms. The molecule has 2 atom stereocenters. The van der Waals surface area contributed by atoms with Gasteiger partial charge in [-0.3, -0.25) is 4.57 Å². The molecular weight excluding hydrogens is 239 g/mol. The number of rotatable bonds is 11. The van der Waals surface area contributed by atoms with Gasteiger partial charge in [0.2, 0.25) is 0 Å². The number of phosphoric ester groups is 1. The van der Waals surface area contributed by atoms with Gasteiger partial charge in [0.25, 0.3) is 7.82 Å². The van der Waals surface area contributed by atoms with Crippen LogP contribution >= 0.6 is 7.82 Å². The Bertz CT molecular complexity index is 221. The topological polar surface area (TPSA) is 58.6 Å². The van der Waals surface area contributed by atoms with Crippen LogP contribution in [0.2, 0.25) is 0 Å². The van der Waals surface area contributed by atoms with Crippen LogP contribution in [-0.4, -0.2) is 13.2 Å². The minimum absolute atomic E-state index is 0.225. The molecule has 0 N–H and O–H groups in total. The van der Waals surface area contributed by atoms with Crippen LogP contribution in [0.15, 0.2) is 0 Å². The first kappa shape index (κ1) is 17.1. The predicted octanol–water partition coefficient (Wildman–Crippen LogP) is 3.50. The summed E-state index contributed by atoms with van der Waals surface area (Å²) in [4.78, 5) is 11.4.